The molecule has 0 aromatic heterocycles. The smallest absolute Gasteiger partial charge is 0.126 e. The summed E-state index contributed by atoms with van der Waals surface area (Å²) in [7, 11) is 0. The fraction of sp³-hybridized carbons (Fsp3) is 0.583. The van der Waals surface area contributed by atoms with Gasteiger partial charge in [0.1, 0.15) is 23.7 Å². The van der Waals surface area contributed by atoms with Gasteiger partial charge in [0.2, 0.25) is 0 Å². The van der Waals surface area contributed by atoms with E-state index in [1.807, 2.05) is 52.0 Å². The molecule has 2 fully saturated rings. The van der Waals surface area contributed by atoms with Crippen molar-refractivity contribution in [1.82, 2.24) is 0 Å². The van der Waals surface area contributed by atoms with E-state index >= 15 is 0 Å². The molecule has 6 rings (SSSR count). The molecule has 4 N–H and O–H groups in total. The molecule has 2 aromatic rings. The van der Waals surface area contributed by atoms with E-state index in [0.717, 1.165) is 37.2 Å². The molecule has 0 radical (unpaired) electrons. The molecule has 0 unspecified atom stereocenters. The second-order valence-corrected chi connectivity index (χ2v) is 16.0. The van der Waals surface area contributed by atoms with Crippen molar-refractivity contribution in [2.45, 2.75) is 154 Å². The van der Waals surface area contributed by atoms with Crippen LogP contribution in [0.5, 0.6) is 11.5 Å². The van der Waals surface area contributed by atoms with Crippen LogP contribution >= 0.6 is 0 Å². The van der Waals surface area contributed by atoms with Crippen molar-refractivity contribution in [2.75, 3.05) is 0 Å². The number of benzene rings is 2. The Morgan fingerprint density at radius 2 is 1.09 bits per heavy atom. The SMILES string of the molecule is CC#CC[C@@H](C)[C@@H](O)/C=C/[C@H]1[C@@H]2c3cccc(CCCC)c3O[C@@H]2C[C@@H]1O.CC#CC[C@H](C)[C@H](O)/C=C/[C@@H]1[C@H]2c3cccc(CCCC)c3O[C@H]2C[C@H]1O. The zero-order chi connectivity index (χ0) is 38.8. The Bertz CT molecular complexity index is 1580. The minimum absolute atomic E-state index is 0.0169. The molecule has 2 saturated carbocycles. The van der Waals surface area contributed by atoms with Crippen molar-refractivity contribution in [2.24, 2.45) is 23.7 Å². The topological polar surface area (TPSA) is 99.4 Å². The van der Waals surface area contributed by atoms with Crippen LogP contribution in [0.2, 0.25) is 0 Å². The van der Waals surface area contributed by atoms with Crippen LogP contribution in [-0.2, 0) is 12.8 Å². The van der Waals surface area contributed by atoms with E-state index in [1.54, 1.807) is 0 Å². The number of aliphatic hydroxyl groups excluding tert-OH is 4. The fourth-order valence-electron chi connectivity index (χ4n) is 8.70. The quantitative estimate of drug-likeness (QED) is 0.115. The van der Waals surface area contributed by atoms with Gasteiger partial charge in [-0.3, -0.25) is 0 Å². The first kappa shape index (κ1) is 41.6. The van der Waals surface area contributed by atoms with E-state index < -0.39 is 24.4 Å². The highest BCUT2D eigenvalue weighted by Crippen LogP contribution is 2.53. The van der Waals surface area contributed by atoms with E-state index in [-0.39, 0.29) is 47.7 Å². The molecule has 0 bridgehead atoms. The van der Waals surface area contributed by atoms with Crippen LogP contribution < -0.4 is 9.47 Å². The van der Waals surface area contributed by atoms with Gasteiger partial charge in [-0.1, -0.05) is 101 Å². The van der Waals surface area contributed by atoms with Gasteiger partial charge in [0, 0.05) is 60.5 Å². The highest BCUT2D eigenvalue weighted by Gasteiger charge is 2.50. The Morgan fingerprint density at radius 1 is 0.685 bits per heavy atom. The number of aliphatic hydroxyl groups is 4. The first-order valence-electron chi connectivity index (χ1n) is 20.6. The van der Waals surface area contributed by atoms with E-state index in [4.69, 9.17) is 9.47 Å². The molecule has 12 atom stereocenters. The van der Waals surface area contributed by atoms with Gasteiger partial charge in [0.15, 0.2) is 0 Å². The number of hydrogen-bond acceptors (Lipinski definition) is 6. The molecule has 6 nitrogen and oxygen atoms in total. The van der Waals surface area contributed by atoms with Crippen LogP contribution in [0.4, 0.5) is 0 Å². The summed E-state index contributed by atoms with van der Waals surface area (Å²) in [6, 6.07) is 12.8. The van der Waals surface area contributed by atoms with Crippen molar-refractivity contribution in [3.63, 3.8) is 0 Å². The molecule has 2 aromatic carbocycles. The molecule has 0 amide bonds. The lowest BCUT2D eigenvalue weighted by molar-refractivity contribution is 0.133. The summed E-state index contributed by atoms with van der Waals surface area (Å²) in [6.07, 6.45) is 15.2. The van der Waals surface area contributed by atoms with Crippen molar-refractivity contribution < 1.29 is 29.9 Å². The summed E-state index contributed by atoms with van der Waals surface area (Å²) >= 11 is 0. The molecular formula is C48H64O6. The third kappa shape index (κ3) is 9.64. The molecule has 6 heteroatoms. The van der Waals surface area contributed by atoms with Crippen LogP contribution in [0.3, 0.4) is 0 Å². The number of para-hydroxylation sites is 2. The predicted molar refractivity (Wildman–Crippen MR) is 217 cm³/mol. The lowest BCUT2D eigenvalue weighted by Gasteiger charge is -2.19. The molecule has 0 saturated heterocycles. The Balaban J connectivity index is 0.000000208. The van der Waals surface area contributed by atoms with Gasteiger partial charge < -0.3 is 29.9 Å². The normalized spacial score (nSPS) is 28.2. The zero-order valence-electron chi connectivity index (χ0n) is 33.4. The van der Waals surface area contributed by atoms with Gasteiger partial charge in [-0.2, -0.15) is 0 Å². The average molecular weight is 737 g/mol. The van der Waals surface area contributed by atoms with Crippen LogP contribution in [-0.4, -0.2) is 57.0 Å². The second-order valence-electron chi connectivity index (χ2n) is 16.0. The van der Waals surface area contributed by atoms with Gasteiger partial charge in [-0.05, 0) is 62.5 Å². The Morgan fingerprint density at radius 3 is 1.46 bits per heavy atom. The average Bonchev–Trinajstić information content (AvgIpc) is 3.90. The number of hydrogen-bond donors (Lipinski definition) is 4. The predicted octanol–water partition coefficient (Wildman–Crippen LogP) is 8.44. The van der Waals surface area contributed by atoms with Crippen molar-refractivity contribution in [3.8, 4) is 35.2 Å². The van der Waals surface area contributed by atoms with Crippen LogP contribution in [0.25, 0.3) is 0 Å². The lowest BCUT2D eigenvalue weighted by Crippen LogP contribution is -2.19. The van der Waals surface area contributed by atoms with Gasteiger partial charge >= 0.3 is 0 Å². The van der Waals surface area contributed by atoms with Crippen LogP contribution in [0, 0.1) is 47.4 Å². The molecule has 292 valence electrons. The third-order valence-electron chi connectivity index (χ3n) is 12.0. The largest absolute Gasteiger partial charge is 0.489 e. The summed E-state index contributed by atoms with van der Waals surface area (Å²) in [5.41, 5.74) is 5.01. The van der Waals surface area contributed by atoms with Gasteiger partial charge in [0.05, 0.1) is 24.4 Å². The van der Waals surface area contributed by atoms with Crippen LogP contribution in [0.15, 0.2) is 60.7 Å². The van der Waals surface area contributed by atoms with Gasteiger partial charge in [-0.25, -0.2) is 0 Å². The zero-order valence-corrected chi connectivity index (χ0v) is 33.4. The molecule has 2 aliphatic heterocycles. The van der Waals surface area contributed by atoms with Gasteiger partial charge in [0.25, 0.3) is 0 Å². The summed E-state index contributed by atoms with van der Waals surface area (Å²) in [5, 5.41) is 42.0. The Labute approximate surface area is 325 Å². The summed E-state index contributed by atoms with van der Waals surface area (Å²) in [5.74, 6) is 14.4. The minimum atomic E-state index is -0.546. The number of fused-ring (bicyclic) bond motifs is 6. The fourth-order valence-corrected chi connectivity index (χ4v) is 8.70. The highest BCUT2D eigenvalue weighted by molar-refractivity contribution is 5.50. The third-order valence-corrected chi connectivity index (χ3v) is 12.0. The highest BCUT2D eigenvalue weighted by atomic mass is 16.5. The van der Waals surface area contributed by atoms with Gasteiger partial charge in [-0.15, -0.1) is 23.7 Å². The van der Waals surface area contributed by atoms with Crippen LogP contribution in [0.1, 0.15) is 127 Å². The Kier molecular flexibility index (Phi) is 15.3. The van der Waals surface area contributed by atoms with E-state index in [9.17, 15) is 20.4 Å². The second kappa shape index (κ2) is 19.9. The number of ether oxygens (including phenoxy) is 2. The van der Waals surface area contributed by atoms with Crippen molar-refractivity contribution >= 4 is 0 Å². The van der Waals surface area contributed by atoms with E-state index in [0.29, 0.717) is 25.7 Å². The molecular weight excluding hydrogens is 673 g/mol. The summed E-state index contributed by atoms with van der Waals surface area (Å²) < 4.78 is 12.6. The maximum atomic E-state index is 10.6. The monoisotopic (exact) mass is 736 g/mol. The first-order valence-corrected chi connectivity index (χ1v) is 20.6. The maximum Gasteiger partial charge on any atom is 0.126 e. The van der Waals surface area contributed by atoms with Crippen molar-refractivity contribution in [1.29, 1.82) is 0 Å². The van der Waals surface area contributed by atoms with E-state index in [2.05, 4.69) is 73.9 Å². The molecule has 2 aliphatic carbocycles. The number of aryl methyl sites for hydroxylation is 2. The standard InChI is InChI=1S/2C24H32O3/c2*1-4-6-9-16(3)20(25)14-13-18-21(26)15-22-23(18)19-12-8-11-17(10-7-5-2)24(19)27-22/h2*8,11-14,16,18,20-23,25-26H,5,7,9-10,15H2,1-3H3/b2*14-13+/t2*16-,18-,20+,21+,22-,23-/m10/s1. The summed E-state index contributed by atoms with van der Waals surface area (Å²) in [6.45, 7) is 12.0. The first-order chi connectivity index (χ1) is 26.1. The maximum absolute atomic E-state index is 10.6. The number of unbranched alkanes of at least 4 members (excludes halogenated alkanes) is 2. The number of rotatable bonds is 14. The molecule has 4 aliphatic rings. The lowest BCUT2D eigenvalue weighted by atomic mass is 9.86. The summed E-state index contributed by atoms with van der Waals surface area (Å²) in [4.78, 5) is 0. The molecule has 0 spiro atoms. The Hall–Kier alpha value is -3.52. The van der Waals surface area contributed by atoms with E-state index in [1.165, 1.54) is 35.1 Å². The minimum Gasteiger partial charge on any atom is -0.489 e. The molecule has 2 heterocycles. The van der Waals surface area contributed by atoms with Crippen molar-refractivity contribution in [3.05, 3.63) is 83.0 Å². The molecule has 54 heavy (non-hydrogen) atoms.